The summed E-state index contributed by atoms with van der Waals surface area (Å²) in [5.74, 6) is 1.18. The first-order valence-corrected chi connectivity index (χ1v) is 9.88. The van der Waals surface area contributed by atoms with Gasteiger partial charge < -0.3 is 9.47 Å². The molecule has 0 spiro atoms. The third-order valence-electron chi connectivity index (χ3n) is 5.93. The van der Waals surface area contributed by atoms with Gasteiger partial charge in [-0.25, -0.2) is 0 Å². The predicted molar refractivity (Wildman–Crippen MR) is 111 cm³/mol. The maximum Gasteiger partial charge on any atom is 0.135 e. The molecule has 3 aromatic rings. The van der Waals surface area contributed by atoms with E-state index >= 15 is 0 Å². The van der Waals surface area contributed by atoms with Crippen LogP contribution < -0.4 is 4.74 Å². The van der Waals surface area contributed by atoms with Crippen LogP contribution in [0, 0.1) is 5.92 Å². The number of rotatable bonds is 5. The summed E-state index contributed by atoms with van der Waals surface area (Å²) in [6, 6.07) is 22.9. The Kier molecular flexibility index (Phi) is 5.19. The van der Waals surface area contributed by atoms with Crippen LogP contribution in [0.5, 0.6) is 5.75 Å². The van der Waals surface area contributed by atoms with E-state index in [-0.39, 0.29) is 5.92 Å². The number of ketones is 1. The van der Waals surface area contributed by atoms with E-state index in [0.29, 0.717) is 18.8 Å². The molecule has 0 radical (unpaired) electrons. The molecule has 0 aliphatic heterocycles. The smallest absolute Gasteiger partial charge is 0.135 e. The Morgan fingerprint density at radius 1 is 1.00 bits per heavy atom. The van der Waals surface area contributed by atoms with Gasteiger partial charge >= 0.3 is 0 Å². The Hall–Kier alpha value is -2.65. The van der Waals surface area contributed by atoms with Crippen LogP contribution in [0.25, 0.3) is 10.8 Å². The Balaban J connectivity index is 1.52. The minimum atomic E-state index is -0.407. The van der Waals surface area contributed by atoms with Gasteiger partial charge in [0, 0.05) is 19.4 Å². The van der Waals surface area contributed by atoms with E-state index in [0.717, 1.165) is 29.7 Å². The fourth-order valence-electron chi connectivity index (χ4n) is 4.21. The molecule has 3 nitrogen and oxygen atoms in total. The Morgan fingerprint density at radius 2 is 1.82 bits per heavy atom. The van der Waals surface area contributed by atoms with Crippen molar-refractivity contribution >= 4 is 16.6 Å². The standard InChI is InChI=1S/C25H26O3/c1-18-16-25(27-2,13-12-24(18)26)22-8-5-9-23(15-22)28-17-19-10-11-20-6-3-4-7-21(20)14-19/h3-11,14-15,18H,12-13,16-17H2,1-2H3/t18-,25+/m1/s1. The number of ether oxygens (including phenoxy) is 2. The highest BCUT2D eigenvalue weighted by atomic mass is 16.5. The molecule has 1 aliphatic rings. The molecular formula is C25H26O3. The first-order valence-electron chi connectivity index (χ1n) is 9.88. The number of methoxy groups -OCH3 is 1. The van der Waals surface area contributed by atoms with Crippen LogP contribution in [0.1, 0.15) is 37.3 Å². The molecule has 1 saturated carbocycles. The van der Waals surface area contributed by atoms with Crippen LogP contribution in [0.4, 0.5) is 0 Å². The van der Waals surface area contributed by atoms with Gasteiger partial charge in [0.25, 0.3) is 0 Å². The summed E-state index contributed by atoms with van der Waals surface area (Å²) >= 11 is 0. The molecule has 28 heavy (non-hydrogen) atoms. The fourth-order valence-corrected chi connectivity index (χ4v) is 4.21. The minimum absolute atomic E-state index is 0.0240. The van der Waals surface area contributed by atoms with Crippen LogP contribution in [0.2, 0.25) is 0 Å². The second-order valence-electron chi connectivity index (χ2n) is 7.77. The second-order valence-corrected chi connectivity index (χ2v) is 7.77. The SMILES string of the molecule is CO[C@@]1(c2cccc(OCc3ccc4ccccc4c3)c2)CCC(=O)[C@H](C)C1. The number of carbonyl (C=O) groups excluding carboxylic acids is 1. The van der Waals surface area contributed by atoms with Gasteiger partial charge in [0.1, 0.15) is 18.1 Å². The molecule has 4 rings (SSSR count). The molecule has 3 heteroatoms. The van der Waals surface area contributed by atoms with Crippen molar-refractivity contribution in [1.29, 1.82) is 0 Å². The van der Waals surface area contributed by atoms with Gasteiger partial charge in [-0.3, -0.25) is 4.79 Å². The van der Waals surface area contributed by atoms with E-state index in [1.807, 2.05) is 19.1 Å². The number of fused-ring (bicyclic) bond motifs is 1. The van der Waals surface area contributed by atoms with E-state index in [2.05, 4.69) is 54.6 Å². The van der Waals surface area contributed by atoms with Crippen molar-refractivity contribution in [2.75, 3.05) is 7.11 Å². The van der Waals surface area contributed by atoms with Crippen molar-refractivity contribution < 1.29 is 14.3 Å². The quantitative estimate of drug-likeness (QED) is 0.579. The lowest BCUT2D eigenvalue weighted by molar-refractivity contribution is -0.134. The maximum atomic E-state index is 12.0. The van der Waals surface area contributed by atoms with Crippen LogP contribution in [0.3, 0.4) is 0 Å². The lowest BCUT2D eigenvalue weighted by Crippen LogP contribution is -2.38. The molecule has 0 N–H and O–H groups in total. The van der Waals surface area contributed by atoms with Crippen LogP contribution in [-0.4, -0.2) is 12.9 Å². The molecule has 2 atom stereocenters. The van der Waals surface area contributed by atoms with Crippen LogP contribution in [0.15, 0.2) is 66.7 Å². The second kappa shape index (κ2) is 7.76. The average molecular weight is 374 g/mol. The molecule has 0 unspecified atom stereocenters. The third kappa shape index (κ3) is 3.67. The zero-order chi connectivity index (χ0) is 19.6. The van der Waals surface area contributed by atoms with Crippen molar-refractivity contribution in [1.82, 2.24) is 0 Å². The van der Waals surface area contributed by atoms with Gasteiger partial charge in [0.15, 0.2) is 0 Å². The van der Waals surface area contributed by atoms with Crippen molar-refractivity contribution in [3.63, 3.8) is 0 Å². The molecular weight excluding hydrogens is 348 g/mol. The van der Waals surface area contributed by atoms with Gasteiger partial charge in [0.2, 0.25) is 0 Å². The van der Waals surface area contributed by atoms with Crippen molar-refractivity contribution in [2.24, 2.45) is 5.92 Å². The third-order valence-corrected chi connectivity index (χ3v) is 5.93. The number of Topliss-reactive ketones (excluding diaryl/α,β-unsaturated/α-hetero) is 1. The highest BCUT2D eigenvalue weighted by Gasteiger charge is 2.40. The first kappa shape index (κ1) is 18.7. The molecule has 1 aliphatic carbocycles. The molecule has 0 heterocycles. The zero-order valence-corrected chi connectivity index (χ0v) is 16.5. The van der Waals surface area contributed by atoms with Gasteiger partial charge in [-0.2, -0.15) is 0 Å². The van der Waals surface area contributed by atoms with Gasteiger partial charge in [0.05, 0.1) is 5.60 Å². The highest BCUT2D eigenvalue weighted by Crippen LogP contribution is 2.42. The summed E-state index contributed by atoms with van der Waals surface area (Å²) in [6.45, 7) is 2.51. The summed E-state index contributed by atoms with van der Waals surface area (Å²) in [5, 5.41) is 2.45. The van der Waals surface area contributed by atoms with Gasteiger partial charge in [-0.05, 0) is 52.9 Å². The topological polar surface area (TPSA) is 35.5 Å². The molecule has 144 valence electrons. The summed E-state index contributed by atoms with van der Waals surface area (Å²) in [6.07, 6.45) is 2.01. The molecule has 0 saturated heterocycles. The van der Waals surface area contributed by atoms with Crippen LogP contribution >= 0.6 is 0 Å². The average Bonchev–Trinajstić information content (AvgIpc) is 2.74. The minimum Gasteiger partial charge on any atom is -0.489 e. The van der Waals surface area contributed by atoms with E-state index in [1.54, 1.807) is 7.11 Å². The van der Waals surface area contributed by atoms with E-state index in [4.69, 9.17) is 9.47 Å². The summed E-state index contributed by atoms with van der Waals surface area (Å²) in [4.78, 5) is 12.0. The summed E-state index contributed by atoms with van der Waals surface area (Å²) in [5.41, 5.74) is 1.82. The normalized spacial score (nSPS) is 22.4. The van der Waals surface area contributed by atoms with Crippen molar-refractivity contribution in [3.05, 3.63) is 77.9 Å². The van der Waals surface area contributed by atoms with Gasteiger partial charge in [-0.15, -0.1) is 0 Å². The summed E-state index contributed by atoms with van der Waals surface area (Å²) in [7, 11) is 1.74. The lowest BCUT2D eigenvalue weighted by atomic mass is 9.74. The first-order chi connectivity index (χ1) is 13.6. The predicted octanol–water partition coefficient (Wildman–Crippen LogP) is 5.65. The van der Waals surface area contributed by atoms with Gasteiger partial charge in [-0.1, -0.05) is 55.5 Å². The number of benzene rings is 3. The molecule has 3 aromatic carbocycles. The lowest BCUT2D eigenvalue weighted by Gasteiger charge is -2.38. The Labute approximate surface area is 166 Å². The monoisotopic (exact) mass is 374 g/mol. The van der Waals surface area contributed by atoms with Crippen molar-refractivity contribution in [3.8, 4) is 5.75 Å². The van der Waals surface area contributed by atoms with E-state index < -0.39 is 5.60 Å². The molecule has 1 fully saturated rings. The number of hydrogen-bond acceptors (Lipinski definition) is 3. The number of carbonyl (C=O) groups is 1. The highest BCUT2D eigenvalue weighted by molar-refractivity contribution is 5.83. The maximum absolute atomic E-state index is 12.0. The zero-order valence-electron chi connectivity index (χ0n) is 16.5. The van der Waals surface area contributed by atoms with Crippen molar-refractivity contribution in [2.45, 2.75) is 38.4 Å². The summed E-state index contributed by atoms with van der Waals surface area (Å²) < 4.78 is 12.0. The van der Waals surface area contributed by atoms with Crippen LogP contribution in [-0.2, 0) is 21.7 Å². The molecule has 0 bridgehead atoms. The molecule has 0 amide bonds. The number of hydrogen-bond donors (Lipinski definition) is 0. The Bertz CT molecular complexity index is 994. The Morgan fingerprint density at radius 3 is 2.61 bits per heavy atom. The molecule has 0 aromatic heterocycles. The van der Waals surface area contributed by atoms with E-state index in [1.165, 1.54) is 10.8 Å². The van der Waals surface area contributed by atoms with E-state index in [9.17, 15) is 4.79 Å². The largest absolute Gasteiger partial charge is 0.489 e. The fraction of sp³-hybridized carbons (Fsp3) is 0.320.